The highest BCUT2D eigenvalue weighted by Crippen LogP contribution is 2.31. The van der Waals surface area contributed by atoms with Crippen molar-refractivity contribution in [2.24, 2.45) is 5.92 Å². The minimum absolute atomic E-state index is 0.734. The third kappa shape index (κ3) is 3.03. The quantitative estimate of drug-likeness (QED) is 0.792. The molecule has 2 bridgehead atoms. The van der Waals surface area contributed by atoms with Gasteiger partial charge in [-0.25, -0.2) is 0 Å². The van der Waals surface area contributed by atoms with Gasteiger partial charge in [-0.3, -0.25) is 4.90 Å². The first-order valence-electron chi connectivity index (χ1n) is 7.63. The van der Waals surface area contributed by atoms with Crippen LogP contribution in [0.4, 0.5) is 0 Å². The standard InChI is InChI=1S/C15H30N2/c1-5-8-17(12(4)11(2)3)15-9-13-6-7-14(10-15)16-13/h11-16H,5-10H2,1-4H3. The van der Waals surface area contributed by atoms with Crippen LogP contribution in [0.1, 0.15) is 59.8 Å². The zero-order valence-electron chi connectivity index (χ0n) is 12.1. The maximum atomic E-state index is 3.76. The topological polar surface area (TPSA) is 15.3 Å². The number of nitrogens with zero attached hydrogens (tertiary/aromatic N) is 1. The van der Waals surface area contributed by atoms with Crippen molar-refractivity contribution in [3.63, 3.8) is 0 Å². The zero-order chi connectivity index (χ0) is 12.4. The van der Waals surface area contributed by atoms with Gasteiger partial charge in [0.05, 0.1) is 0 Å². The third-order valence-corrected chi connectivity index (χ3v) is 4.89. The van der Waals surface area contributed by atoms with Gasteiger partial charge in [0.2, 0.25) is 0 Å². The predicted octanol–water partition coefficient (Wildman–Crippen LogP) is 3.03. The van der Waals surface area contributed by atoms with Gasteiger partial charge < -0.3 is 5.32 Å². The van der Waals surface area contributed by atoms with E-state index in [-0.39, 0.29) is 0 Å². The SMILES string of the molecule is CCCN(C1CC2CCC(C1)N2)C(C)C(C)C. The maximum Gasteiger partial charge on any atom is 0.0128 e. The molecule has 2 nitrogen and oxygen atoms in total. The van der Waals surface area contributed by atoms with Gasteiger partial charge in [-0.2, -0.15) is 0 Å². The first kappa shape index (κ1) is 13.4. The molecule has 2 rings (SSSR count). The molecule has 2 heterocycles. The smallest absolute Gasteiger partial charge is 0.0128 e. The van der Waals surface area contributed by atoms with E-state index in [1.165, 1.54) is 38.6 Å². The van der Waals surface area contributed by atoms with Crippen LogP contribution in [0, 0.1) is 5.92 Å². The molecule has 1 N–H and O–H groups in total. The van der Waals surface area contributed by atoms with Crippen LogP contribution in [0.5, 0.6) is 0 Å². The molecular weight excluding hydrogens is 208 g/mol. The average molecular weight is 238 g/mol. The Morgan fingerprint density at radius 1 is 1.12 bits per heavy atom. The minimum atomic E-state index is 0.734. The maximum absolute atomic E-state index is 3.76. The Labute approximate surface area is 107 Å². The highest BCUT2D eigenvalue weighted by Gasteiger charge is 2.37. The van der Waals surface area contributed by atoms with E-state index < -0.39 is 0 Å². The lowest BCUT2D eigenvalue weighted by Gasteiger charge is -2.42. The van der Waals surface area contributed by atoms with Crippen LogP contribution in [-0.4, -0.2) is 35.6 Å². The molecule has 2 aliphatic heterocycles. The van der Waals surface area contributed by atoms with Crippen LogP contribution in [0.3, 0.4) is 0 Å². The second kappa shape index (κ2) is 5.71. The molecule has 17 heavy (non-hydrogen) atoms. The summed E-state index contributed by atoms with van der Waals surface area (Å²) >= 11 is 0. The summed E-state index contributed by atoms with van der Waals surface area (Å²) in [7, 11) is 0. The minimum Gasteiger partial charge on any atom is -0.311 e. The molecule has 2 saturated heterocycles. The molecule has 3 atom stereocenters. The van der Waals surface area contributed by atoms with Gasteiger partial charge in [0, 0.05) is 24.2 Å². The van der Waals surface area contributed by atoms with Crippen LogP contribution >= 0.6 is 0 Å². The van der Waals surface area contributed by atoms with E-state index >= 15 is 0 Å². The molecule has 2 aliphatic rings. The fraction of sp³-hybridized carbons (Fsp3) is 1.00. The number of piperidine rings is 1. The fourth-order valence-electron chi connectivity index (χ4n) is 3.66. The van der Waals surface area contributed by atoms with Crippen molar-refractivity contribution >= 4 is 0 Å². The summed E-state index contributed by atoms with van der Waals surface area (Å²) in [5.74, 6) is 0.772. The van der Waals surface area contributed by atoms with Crippen molar-refractivity contribution in [2.75, 3.05) is 6.54 Å². The zero-order valence-corrected chi connectivity index (χ0v) is 12.1. The largest absolute Gasteiger partial charge is 0.311 e. The second-order valence-corrected chi connectivity index (χ2v) is 6.49. The average Bonchev–Trinajstić information content (AvgIpc) is 2.64. The van der Waals surface area contributed by atoms with E-state index in [2.05, 4.69) is 37.9 Å². The molecule has 0 radical (unpaired) electrons. The summed E-state index contributed by atoms with van der Waals surface area (Å²) in [6, 6.07) is 3.21. The Morgan fingerprint density at radius 3 is 2.18 bits per heavy atom. The number of rotatable bonds is 5. The molecule has 0 aromatic carbocycles. The molecule has 0 aliphatic carbocycles. The first-order chi connectivity index (χ1) is 8.11. The molecule has 2 fully saturated rings. The van der Waals surface area contributed by atoms with Crippen LogP contribution < -0.4 is 5.32 Å². The summed E-state index contributed by atoms with van der Waals surface area (Å²) in [5, 5.41) is 3.76. The third-order valence-electron chi connectivity index (χ3n) is 4.89. The molecule has 2 heteroatoms. The first-order valence-corrected chi connectivity index (χ1v) is 7.63. The Bertz CT molecular complexity index is 227. The van der Waals surface area contributed by atoms with Gasteiger partial charge in [-0.05, 0) is 51.5 Å². The molecule has 100 valence electrons. The number of hydrogen-bond acceptors (Lipinski definition) is 2. The lowest BCUT2D eigenvalue weighted by molar-refractivity contribution is 0.0790. The van der Waals surface area contributed by atoms with Crippen LogP contribution in [0.25, 0.3) is 0 Å². The van der Waals surface area contributed by atoms with Crippen LogP contribution in [0.2, 0.25) is 0 Å². The van der Waals surface area contributed by atoms with E-state index in [0.717, 1.165) is 30.1 Å². The summed E-state index contributed by atoms with van der Waals surface area (Å²) in [6.07, 6.45) is 6.88. The van der Waals surface area contributed by atoms with Gasteiger partial charge in [0.25, 0.3) is 0 Å². The van der Waals surface area contributed by atoms with Crippen molar-refractivity contribution in [1.29, 1.82) is 0 Å². The number of hydrogen-bond donors (Lipinski definition) is 1. The van der Waals surface area contributed by atoms with Crippen LogP contribution in [0.15, 0.2) is 0 Å². The normalized spacial score (nSPS) is 34.6. The fourth-order valence-corrected chi connectivity index (χ4v) is 3.66. The number of nitrogens with one attached hydrogen (secondary N) is 1. The Hall–Kier alpha value is -0.0800. The molecule has 0 amide bonds. The predicted molar refractivity (Wildman–Crippen MR) is 74.3 cm³/mol. The van der Waals surface area contributed by atoms with Gasteiger partial charge in [0.1, 0.15) is 0 Å². The Kier molecular flexibility index (Phi) is 4.48. The highest BCUT2D eigenvalue weighted by molar-refractivity contribution is 4.96. The molecule has 0 saturated carbocycles. The van der Waals surface area contributed by atoms with Crippen molar-refractivity contribution in [3.05, 3.63) is 0 Å². The van der Waals surface area contributed by atoms with E-state index in [9.17, 15) is 0 Å². The lowest BCUT2D eigenvalue weighted by atomic mass is 9.94. The Morgan fingerprint density at radius 2 is 1.71 bits per heavy atom. The summed E-state index contributed by atoms with van der Waals surface area (Å²) in [4.78, 5) is 2.80. The lowest BCUT2D eigenvalue weighted by Crippen LogP contribution is -2.52. The summed E-state index contributed by atoms with van der Waals surface area (Å²) in [5.41, 5.74) is 0. The van der Waals surface area contributed by atoms with Gasteiger partial charge in [-0.1, -0.05) is 20.8 Å². The van der Waals surface area contributed by atoms with E-state index in [4.69, 9.17) is 0 Å². The number of fused-ring (bicyclic) bond motifs is 2. The summed E-state index contributed by atoms with van der Waals surface area (Å²) < 4.78 is 0. The van der Waals surface area contributed by atoms with E-state index in [1.54, 1.807) is 0 Å². The van der Waals surface area contributed by atoms with Gasteiger partial charge >= 0.3 is 0 Å². The molecule has 0 aromatic heterocycles. The van der Waals surface area contributed by atoms with Crippen LogP contribution in [-0.2, 0) is 0 Å². The van der Waals surface area contributed by atoms with E-state index in [0.29, 0.717) is 0 Å². The molecule has 0 spiro atoms. The van der Waals surface area contributed by atoms with Crippen molar-refractivity contribution < 1.29 is 0 Å². The van der Waals surface area contributed by atoms with Crippen molar-refractivity contribution in [3.8, 4) is 0 Å². The Balaban J connectivity index is 2.00. The second-order valence-electron chi connectivity index (χ2n) is 6.49. The van der Waals surface area contributed by atoms with Gasteiger partial charge in [0.15, 0.2) is 0 Å². The molecular formula is C15H30N2. The summed E-state index contributed by atoms with van der Waals surface area (Å²) in [6.45, 7) is 10.7. The van der Waals surface area contributed by atoms with Gasteiger partial charge in [-0.15, -0.1) is 0 Å². The molecule has 0 aromatic rings. The monoisotopic (exact) mass is 238 g/mol. The van der Waals surface area contributed by atoms with Crippen molar-refractivity contribution in [2.45, 2.75) is 84.0 Å². The highest BCUT2D eigenvalue weighted by atomic mass is 15.2. The van der Waals surface area contributed by atoms with Crippen molar-refractivity contribution in [1.82, 2.24) is 10.2 Å². The molecule has 3 unspecified atom stereocenters. The van der Waals surface area contributed by atoms with E-state index in [1.807, 2.05) is 0 Å².